The molecule has 0 unspecified atom stereocenters. The van der Waals surface area contributed by atoms with Crippen molar-refractivity contribution in [1.29, 1.82) is 0 Å². The second kappa shape index (κ2) is 2.09. The van der Waals surface area contributed by atoms with E-state index in [1.165, 1.54) is 5.75 Å². The average molecular weight is 162 g/mol. The van der Waals surface area contributed by atoms with Crippen LogP contribution >= 0.6 is 23.5 Å². The summed E-state index contributed by atoms with van der Waals surface area (Å²) in [4.78, 5) is 0. The summed E-state index contributed by atoms with van der Waals surface area (Å²) < 4.78 is 0.970. The number of rotatable bonds is 0. The van der Waals surface area contributed by atoms with Gasteiger partial charge in [-0.15, -0.1) is 23.5 Å². The molecule has 1 fully saturated rings. The summed E-state index contributed by atoms with van der Waals surface area (Å²) in [6.07, 6.45) is 0. The van der Waals surface area contributed by atoms with Gasteiger partial charge < -0.3 is 0 Å². The van der Waals surface area contributed by atoms with Crippen molar-refractivity contribution in [1.82, 2.24) is 0 Å². The van der Waals surface area contributed by atoms with Crippen LogP contribution in [0.25, 0.3) is 0 Å². The topological polar surface area (TPSA) is 0 Å². The third-order valence-electron chi connectivity index (χ3n) is 1.29. The van der Waals surface area contributed by atoms with E-state index < -0.39 is 0 Å². The summed E-state index contributed by atoms with van der Waals surface area (Å²) in [5.41, 5.74) is 0. The van der Waals surface area contributed by atoms with Gasteiger partial charge in [0.1, 0.15) is 0 Å². The zero-order valence-electron chi connectivity index (χ0n) is 6.52. The molecule has 2 heteroatoms. The maximum atomic E-state index is 2.32. The molecule has 1 aliphatic heterocycles. The van der Waals surface area contributed by atoms with Crippen LogP contribution < -0.4 is 0 Å². The van der Waals surface area contributed by atoms with E-state index >= 15 is 0 Å². The number of thioether (sulfide) groups is 2. The van der Waals surface area contributed by atoms with E-state index in [0.29, 0.717) is 8.83 Å². The first-order valence-corrected chi connectivity index (χ1v) is 5.06. The van der Waals surface area contributed by atoms with E-state index in [9.17, 15) is 0 Å². The van der Waals surface area contributed by atoms with Crippen LogP contribution in [0.5, 0.6) is 0 Å². The first-order chi connectivity index (χ1) is 3.91. The predicted octanol–water partition coefficient (Wildman–Crippen LogP) is 2.98. The number of hydrogen-bond acceptors (Lipinski definition) is 2. The first-order valence-electron chi connectivity index (χ1n) is 3.25. The van der Waals surface area contributed by atoms with Gasteiger partial charge in [0.25, 0.3) is 0 Å². The van der Waals surface area contributed by atoms with Gasteiger partial charge in [0.2, 0.25) is 0 Å². The average Bonchev–Trinajstić information content (AvgIpc) is 1.78. The van der Waals surface area contributed by atoms with Crippen molar-refractivity contribution in [2.24, 2.45) is 0 Å². The molecule has 1 heterocycles. The van der Waals surface area contributed by atoms with Crippen LogP contribution in [-0.4, -0.2) is 14.6 Å². The summed E-state index contributed by atoms with van der Waals surface area (Å²) >= 11 is 4.16. The minimum atomic E-state index is 0.462. The van der Waals surface area contributed by atoms with Crippen molar-refractivity contribution in [3.8, 4) is 0 Å². The molecule has 0 N–H and O–H groups in total. The molecule has 1 rings (SSSR count). The van der Waals surface area contributed by atoms with Gasteiger partial charge >= 0.3 is 0 Å². The Kier molecular flexibility index (Phi) is 1.81. The molecule has 0 spiro atoms. The minimum Gasteiger partial charge on any atom is -0.143 e. The molecule has 0 aromatic carbocycles. The van der Waals surface area contributed by atoms with Crippen LogP contribution in [0.1, 0.15) is 27.7 Å². The molecule has 0 radical (unpaired) electrons. The minimum absolute atomic E-state index is 0.462. The third-order valence-corrected chi connectivity index (χ3v) is 4.83. The number of hydrogen-bond donors (Lipinski definition) is 0. The van der Waals surface area contributed by atoms with Crippen LogP contribution in [-0.2, 0) is 0 Å². The molecule has 0 aliphatic carbocycles. The molecule has 0 aromatic heterocycles. The second-order valence-electron chi connectivity index (χ2n) is 3.55. The lowest BCUT2D eigenvalue weighted by Crippen LogP contribution is -2.14. The Morgan fingerprint density at radius 2 is 1.67 bits per heavy atom. The van der Waals surface area contributed by atoms with Crippen LogP contribution in [0.2, 0.25) is 0 Å². The van der Waals surface area contributed by atoms with Gasteiger partial charge in [0, 0.05) is 10.5 Å². The highest BCUT2D eigenvalue weighted by molar-refractivity contribution is 8.22. The van der Waals surface area contributed by atoms with E-state index in [-0.39, 0.29) is 0 Å². The Labute approximate surface area is 66.2 Å². The fourth-order valence-corrected chi connectivity index (χ4v) is 4.60. The molecule has 1 aliphatic rings. The normalized spacial score (nSPS) is 30.7. The van der Waals surface area contributed by atoms with Crippen molar-refractivity contribution in [2.45, 2.75) is 36.5 Å². The van der Waals surface area contributed by atoms with E-state index in [4.69, 9.17) is 0 Å². The largest absolute Gasteiger partial charge is 0.143 e. The first kappa shape index (κ1) is 7.80. The fraction of sp³-hybridized carbons (Fsp3) is 1.00. The van der Waals surface area contributed by atoms with Gasteiger partial charge in [-0.3, -0.25) is 0 Å². The fourth-order valence-electron chi connectivity index (χ4n) is 1.07. The Morgan fingerprint density at radius 3 is 1.78 bits per heavy atom. The van der Waals surface area contributed by atoms with Gasteiger partial charge in [-0.25, -0.2) is 0 Å². The summed E-state index contributed by atoms with van der Waals surface area (Å²) in [5, 5.41) is 0. The Hall–Kier alpha value is 0.700. The molecule has 0 saturated carbocycles. The summed E-state index contributed by atoms with van der Waals surface area (Å²) in [6.45, 7) is 9.24. The van der Waals surface area contributed by atoms with Crippen molar-refractivity contribution in [3.63, 3.8) is 0 Å². The Morgan fingerprint density at radius 1 is 1.11 bits per heavy atom. The van der Waals surface area contributed by atoms with Crippen molar-refractivity contribution in [2.75, 3.05) is 5.75 Å². The molecule has 54 valence electrons. The highest BCUT2D eigenvalue weighted by Crippen LogP contribution is 2.52. The SMILES string of the molecule is CC1(C)CSC(C)(C)S1. The van der Waals surface area contributed by atoms with Crippen molar-refractivity contribution < 1.29 is 0 Å². The lowest BCUT2D eigenvalue weighted by molar-refractivity contribution is 0.824. The monoisotopic (exact) mass is 162 g/mol. The zero-order chi connectivity index (χ0) is 7.12. The van der Waals surface area contributed by atoms with Crippen LogP contribution in [0, 0.1) is 0 Å². The maximum absolute atomic E-state index is 2.32. The van der Waals surface area contributed by atoms with Gasteiger partial charge in [-0.1, -0.05) is 0 Å². The highest BCUT2D eigenvalue weighted by atomic mass is 32.2. The summed E-state index contributed by atoms with van der Waals surface area (Å²) in [7, 11) is 0. The smallest absolute Gasteiger partial charge is 0.0561 e. The van der Waals surface area contributed by atoms with Crippen molar-refractivity contribution >= 4 is 23.5 Å². The van der Waals surface area contributed by atoms with E-state index in [1.54, 1.807) is 0 Å². The summed E-state index contributed by atoms with van der Waals surface area (Å²) in [6, 6.07) is 0. The lowest BCUT2D eigenvalue weighted by Gasteiger charge is -2.19. The van der Waals surface area contributed by atoms with Crippen molar-refractivity contribution in [3.05, 3.63) is 0 Å². The zero-order valence-corrected chi connectivity index (χ0v) is 8.16. The predicted molar refractivity (Wildman–Crippen MR) is 48.2 cm³/mol. The molecule has 0 atom stereocenters. The third kappa shape index (κ3) is 2.08. The Balaban J connectivity index is 2.58. The van der Waals surface area contributed by atoms with Gasteiger partial charge in [0.05, 0.1) is 4.08 Å². The van der Waals surface area contributed by atoms with Crippen LogP contribution in [0.3, 0.4) is 0 Å². The molecular weight excluding hydrogens is 148 g/mol. The molecule has 0 amide bonds. The van der Waals surface area contributed by atoms with E-state index in [2.05, 4.69) is 51.2 Å². The van der Waals surface area contributed by atoms with Crippen LogP contribution in [0.4, 0.5) is 0 Å². The van der Waals surface area contributed by atoms with E-state index in [1.807, 2.05) is 0 Å². The van der Waals surface area contributed by atoms with Crippen LogP contribution in [0.15, 0.2) is 0 Å². The molecular formula is C7H14S2. The highest BCUT2D eigenvalue weighted by Gasteiger charge is 2.37. The molecule has 0 nitrogen and oxygen atoms in total. The molecule has 0 aromatic rings. The van der Waals surface area contributed by atoms with Gasteiger partial charge in [-0.2, -0.15) is 0 Å². The quantitative estimate of drug-likeness (QED) is 0.537. The molecule has 1 saturated heterocycles. The van der Waals surface area contributed by atoms with Gasteiger partial charge in [0.15, 0.2) is 0 Å². The lowest BCUT2D eigenvalue weighted by atomic mass is 10.2. The Bertz CT molecular complexity index is 102. The molecule has 0 bridgehead atoms. The van der Waals surface area contributed by atoms with E-state index in [0.717, 1.165) is 0 Å². The molecule has 9 heavy (non-hydrogen) atoms. The summed E-state index contributed by atoms with van der Waals surface area (Å²) in [5.74, 6) is 1.30. The standard InChI is InChI=1S/C7H14S2/c1-6(2)5-8-7(3,4)9-6/h5H2,1-4H3. The maximum Gasteiger partial charge on any atom is 0.0561 e. The second-order valence-corrected chi connectivity index (χ2v) is 7.74. The van der Waals surface area contributed by atoms with Gasteiger partial charge in [-0.05, 0) is 27.7 Å².